The number of hydrogen-bond acceptors (Lipinski definition) is 3. The Bertz CT molecular complexity index is 755. The lowest BCUT2D eigenvalue weighted by Gasteiger charge is -2.09. The van der Waals surface area contributed by atoms with E-state index >= 15 is 0 Å². The predicted octanol–water partition coefficient (Wildman–Crippen LogP) is 4.01. The maximum atomic E-state index is 6.34. The lowest BCUT2D eigenvalue weighted by atomic mass is 10.2. The molecule has 0 spiro atoms. The molecule has 0 radical (unpaired) electrons. The van der Waals surface area contributed by atoms with Crippen molar-refractivity contribution in [3.05, 3.63) is 34.6 Å². The van der Waals surface area contributed by atoms with Crippen LogP contribution in [0.1, 0.15) is 0 Å². The summed E-state index contributed by atoms with van der Waals surface area (Å²) in [6.45, 7) is 0.0900. The van der Waals surface area contributed by atoms with Gasteiger partial charge < -0.3 is 14.5 Å². The van der Waals surface area contributed by atoms with Crippen molar-refractivity contribution in [2.75, 3.05) is 13.9 Å². The molecule has 0 atom stereocenters. The molecule has 0 aliphatic heterocycles. The van der Waals surface area contributed by atoms with E-state index in [9.17, 15) is 0 Å². The van der Waals surface area contributed by atoms with Gasteiger partial charge in [-0.2, -0.15) is 0 Å². The van der Waals surface area contributed by atoms with Crippen molar-refractivity contribution in [2.24, 2.45) is 0 Å². The Labute approximate surface area is 119 Å². The smallest absolute Gasteiger partial charge is 0.188 e. The molecule has 4 nitrogen and oxygen atoms in total. The van der Waals surface area contributed by atoms with Crippen LogP contribution >= 0.6 is 23.2 Å². The second-order valence-electron chi connectivity index (χ2n) is 4.02. The molecule has 6 heteroatoms. The number of nitrogens with zero attached hydrogens (tertiary/aromatic N) is 1. The van der Waals surface area contributed by atoms with Gasteiger partial charge in [-0.25, -0.2) is 0 Å². The van der Waals surface area contributed by atoms with Crippen LogP contribution < -0.4 is 4.74 Å². The lowest BCUT2D eigenvalue weighted by molar-refractivity contribution is 0.0513. The van der Waals surface area contributed by atoms with E-state index in [2.05, 4.69) is 9.97 Å². The normalized spacial score (nSPS) is 11.3. The molecule has 3 rings (SSSR count). The molecular weight excluding hydrogens is 287 g/mol. The van der Waals surface area contributed by atoms with Gasteiger partial charge >= 0.3 is 0 Å². The quantitative estimate of drug-likeness (QED) is 0.743. The molecule has 1 aromatic carbocycles. The highest BCUT2D eigenvalue weighted by Gasteiger charge is 2.16. The third kappa shape index (κ3) is 2.02. The molecule has 0 amide bonds. The number of methoxy groups -OCH3 is 1. The zero-order chi connectivity index (χ0) is 13.4. The van der Waals surface area contributed by atoms with Crippen LogP contribution in [-0.2, 0) is 4.74 Å². The fraction of sp³-hybridized carbons (Fsp3) is 0.154. The topological polar surface area (TPSA) is 47.1 Å². The summed E-state index contributed by atoms with van der Waals surface area (Å²) >= 11 is 12.5. The highest BCUT2D eigenvalue weighted by Crippen LogP contribution is 2.41. The van der Waals surface area contributed by atoms with Gasteiger partial charge in [0.2, 0.25) is 0 Å². The van der Waals surface area contributed by atoms with Gasteiger partial charge in [0, 0.05) is 24.1 Å². The zero-order valence-corrected chi connectivity index (χ0v) is 11.5. The van der Waals surface area contributed by atoms with Crippen LogP contribution in [0.15, 0.2) is 24.5 Å². The van der Waals surface area contributed by atoms with Crippen molar-refractivity contribution >= 4 is 45.0 Å². The Kier molecular flexibility index (Phi) is 3.22. The second kappa shape index (κ2) is 4.89. The number of aromatic amines is 1. The maximum Gasteiger partial charge on any atom is 0.188 e. The molecule has 0 saturated heterocycles. The van der Waals surface area contributed by atoms with Crippen LogP contribution in [0.25, 0.3) is 21.8 Å². The van der Waals surface area contributed by atoms with Gasteiger partial charge in [0.05, 0.1) is 22.3 Å². The molecular formula is C13H10Cl2N2O2. The Morgan fingerprint density at radius 2 is 2.16 bits per heavy atom. The molecule has 98 valence electrons. The predicted molar refractivity (Wildman–Crippen MR) is 76.1 cm³/mol. The van der Waals surface area contributed by atoms with Crippen LogP contribution in [0.4, 0.5) is 0 Å². The van der Waals surface area contributed by atoms with Crippen molar-refractivity contribution in [2.45, 2.75) is 0 Å². The summed E-state index contributed by atoms with van der Waals surface area (Å²) in [5.74, 6) is 0.414. The monoisotopic (exact) mass is 296 g/mol. The zero-order valence-electron chi connectivity index (χ0n) is 10.0. The summed E-state index contributed by atoms with van der Waals surface area (Å²) in [4.78, 5) is 7.29. The standard InChI is InChI=1S/C13H10Cl2N2O2/c1-18-6-19-13-9(14)4-8-7-2-3-16-5-10(7)17-12(8)11(13)15/h2-5,17H,6H2,1H3. The van der Waals surface area contributed by atoms with E-state index in [1.807, 2.05) is 12.1 Å². The van der Waals surface area contributed by atoms with Crippen molar-refractivity contribution in [1.29, 1.82) is 0 Å². The number of H-pyrrole nitrogens is 1. The Morgan fingerprint density at radius 3 is 2.95 bits per heavy atom. The van der Waals surface area contributed by atoms with Crippen molar-refractivity contribution in [1.82, 2.24) is 9.97 Å². The first-order valence-electron chi connectivity index (χ1n) is 5.57. The molecule has 2 aromatic heterocycles. The van der Waals surface area contributed by atoms with Gasteiger partial charge in [-0.3, -0.25) is 4.98 Å². The van der Waals surface area contributed by atoms with Gasteiger partial charge in [0.15, 0.2) is 12.5 Å². The minimum Gasteiger partial charge on any atom is -0.464 e. The number of ether oxygens (including phenoxy) is 2. The first kappa shape index (κ1) is 12.5. The van der Waals surface area contributed by atoms with E-state index in [-0.39, 0.29) is 6.79 Å². The number of benzene rings is 1. The number of rotatable bonds is 3. The number of halogens is 2. The largest absolute Gasteiger partial charge is 0.464 e. The molecule has 0 aliphatic rings. The Morgan fingerprint density at radius 1 is 1.32 bits per heavy atom. The third-order valence-electron chi connectivity index (χ3n) is 2.87. The first-order valence-corrected chi connectivity index (χ1v) is 6.33. The number of fused-ring (bicyclic) bond motifs is 3. The summed E-state index contributed by atoms with van der Waals surface area (Å²) < 4.78 is 10.3. The molecule has 19 heavy (non-hydrogen) atoms. The summed E-state index contributed by atoms with van der Waals surface area (Å²) in [6, 6.07) is 3.74. The summed E-state index contributed by atoms with van der Waals surface area (Å²) in [7, 11) is 1.54. The van der Waals surface area contributed by atoms with Crippen LogP contribution in [-0.4, -0.2) is 23.9 Å². The van der Waals surface area contributed by atoms with E-state index in [0.717, 1.165) is 21.8 Å². The van der Waals surface area contributed by atoms with E-state index in [0.29, 0.717) is 15.8 Å². The summed E-state index contributed by atoms with van der Waals surface area (Å²) in [5, 5.41) is 2.85. The van der Waals surface area contributed by atoms with Crippen LogP contribution in [0, 0.1) is 0 Å². The molecule has 2 heterocycles. The number of hydrogen-bond donors (Lipinski definition) is 1. The third-order valence-corrected chi connectivity index (χ3v) is 3.51. The van der Waals surface area contributed by atoms with Gasteiger partial charge in [0.1, 0.15) is 5.02 Å². The fourth-order valence-corrected chi connectivity index (χ4v) is 2.66. The second-order valence-corrected chi connectivity index (χ2v) is 4.81. The molecule has 0 aliphatic carbocycles. The highest BCUT2D eigenvalue weighted by atomic mass is 35.5. The average molecular weight is 297 g/mol. The van der Waals surface area contributed by atoms with Gasteiger partial charge in [-0.05, 0) is 12.1 Å². The summed E-state index contributed by atoms with van der Waals surface area (Å²) in [6.07, 6.45) is 3.47. The molecule has 0 saturated carbocycles. The highest BCUT2D eigenvalue weighted by molar-refractivity contribution is 6.42. The van der Waals surface area contributed by atoms with Gasteiger partial charge in [-0.1, -0.05) is 23.2 Å². The van der Waals surface area contributed by atoms with Gasteiger partial charge in [-0.15, -0.1) is 0 Å². The van der Waals surface area contributed by atoms with Crippen LogP contribution in [0.2, 0.25) is 10.0 Å². The Balaban J connectivity index is 2.29. The number of nitrogens with one attached hydrogen (secondary N) is 1. The SMILES string of the molecule is COCOc1c(Cl)cc2c([nH]c3cnccc32)c1Cl. The van der Waals surface area contributed by atoms with Crippen molar-refractivity contribution in [3.8, 4) is 5.75 Å². The lowest BCUT2D eigenvalue weighted by Crippen LogP contribution is -2.00. The summed E-state index contributed by atoms with van der Waals surface area (Å²) in [5.41, 5.74) is 1.68. The molecule has 1 N–H and O–H groups in total. The van der Waals surface area contributed by atoms with E-state index < -0.39 is 0 Å². The van der Waals surface area contributed by atoms with E-state index in [1.165, 1.54) is 7.11 Å². The fourth-order valence-electron chi connectivity index (χ4n) is 2.05. The van der Waals surface area contributed by atoms with Crippen molar-refractivity contribution < 1.29 is 9.47 Å². The molecule has 0 unspecified atom stereocenters. The molecule has 3 aromatic rings. The first-order chi connectivity index (χ1) is 9.22. The van der Waals surface area contributed by atoms with Crippen molar-refractivity contribution in [3.63, 3.8) is 0 Å². The van der Waals surface area contributed by atoms with Gasteiger partial charge in [0.25, 0.3) is 0 Å². The maximum absolute atomic E-state index is 6.34. The van der Waals surface area contributed by atoms with Crippen LogP contribution in [0.5, 0.6) is 5.75 Å². The van der Waals surface area contributed by atoms with E-state index in [4.69, 9.17) is 32.7 Å². The minimum atomic E-state index is 0.0900. The minimum absolute atomic E-state index is 0.0900. The van der Waals surface area contributed by atoms with Crippen LogP contribution in [0.3, 0.4) is 0 Å². The van der Waals surface area contributed by atoms with E-state index in [1.54, 1.807) is 12.4 Å². The molecule has 0 bridgehead atoms. The number of aromatic nitrogens is 2. The molecule has 0 fully saturated rings. The average Bonchev–Trinajstić information content (AvgIpc) is 2.78. The Hall–Kier alpha value is -1.49. The number of pyridine rings is 1.